The van der Waals surface area contributed by atoms with Crippen molar-refractivity contribution >= 4 is 36.0 Å². The number of alkyl halides is 2. The normalized spacial score (nSPS) is 40.0. The smallest absolute Gasteiger partial charge is 0.356 e. The Morgan fingerprint density at radius 2 is 0.905 bits per heavy atom. The molecule has 8 fully saturated rings. The van der Waals surface area contributed by atoms with Gasteiger partial charge in [-0.2, -0.15) is 8.67 Å². The lowest BCUT2D eigenvalue weighted by molar-refractivity contribution is -0.777. The van der Waals surface area contributed by atoms with Gasteiger partial charge < -0.3 is 20.0 Å². The monoisotopic (exact) mass is 638 g/mol. The Kier molecular flexibility index (Phi) is 10.1. The molecule has 8 aliphatic carbocycles. The predicted octanol–water partition coefficient (Wildman–Crippen LogP) is 4.61. The van der Waals surface area contributed by atoms with Gasteiger partial charge in [-0.3, -0.25) is 10.1 Å². The van der Waals surface area contributed by atoms with E-state index in [1.165, 1.54) is 38.5 Å². The second-order valence-corrected chi connectivity index (χ2v) is 16.4. The highest BCUT2D eigenvalue weighted by Crippen LogP contribution is 2.61. The van der Waals surface area contributed by atoms with Crippen molar-refractivity contribution in [2.45, 2.75) is 101 Å². The number of carbonyl (C=O) groups is 2. The first-order valence-electron chi connectivity index (χ1n) is 14.9. The second-order valence-electron chi connectivity index (χ2n) is 14.3. The van der Waals surface area contributed by atoms with Crippen LogP contribution < -0.4 is 10.5 Å². The second kappa shape index (κ2) is 12.9. The van der Waals surface area contributed by atoms with Crippen LogP contribution in [0.25, 0.3) is 0 Å². The van der Waals surface area contributed by atoms with Crippen LogP contribution in [0, 0.1) is 46.3 Å². The van der Waals surface area contributed by atoms with Crippen molar-refractivity contribution in [1.29, 1.82) is 0 Å². The van der Waals surface area contributed by atoms with Crippen LogP contribution in [0.2, 0.25) is 0 Å². The van der Waals surface area contributed by atoms with E-state index in [-0.39, 0.29) is 48.1 Å². The zero-order valence-electron chi connectivity index (χ0n) is 24.0. The molecule has 240 valence electrons. The van der Waals surface area contributed by atoms with Crippen LogP contribution in [0.1, 0.15) is 90.9 Å². The van der Waals surface area contributed by atoms with Crippen LogP contribution in [0.4, 0.5) is 8.78 Å². The molecule has 0 aliphatic heterocycles. The molecule has 14 heteroatoms. The Hall–Kier alpha value is -0.740. The lowest BCUT2D eigenvalue weighted by Gasteiger charge is -2.56. The fraction of sp³-hybridized carbons (Fsp3) is 0.929. The van der Waals surface area contributed by atoms with Gasteiger partial charge in [0.25, 0.3) is 10.0 Å². The first-order chi connectivity index (χ1) is 19.8. The molecule has 0 amide bonds. The third kappa shape index (κ3) is 7.55. The lowest BCUT2D eigenvalue weighted by Crippen LogP contribution is -2.49. The van der Waals surface area contributed by atoms with Gasteiger partial charge in [0.2, 0.25) is 0 Å². The number of rotatable bonds is 12. The zero-order valence-corrected chi connectivity index (χ0v) is 25.7. The molecule has 0 N–H and O–H groups in total. The fourth-order valence-electron chi connectivity index (χ4n) is 9.85. The standard InChI is InChI=1S/2C14H21FO5S/c2*1-13(15,21-20-19-17)12(16)18-8-14-5-9-2-10(6-14)4-11(3-9)7-14/h2*9-11,17H,2-8H2,1H3/p-2. The first-order valence-corrected chi connectivity index (χ1v) is 16.3. The molecule has 10 nitrogen and oxygen atoms in total. The molecule has 8 rings (SSSR count). The molecule has 0 heterocycles. The Morgan fingerprint density at radius 3 is 1.14 bits per heavy atom. The Balaban J connectivity index is 0.000000168. The van der Waals surface area contributed by atoms with Gasteiger partial charge >= 0.3 is 11.9 Å². The summed E-state index contributed by atoms with van der Waals surface area (Å²) in [6.45, 7) is 2.54. The van der Waals surface area contributed by atoms with Gasteiger partial charge in [0.05, 0.1) is 37.3 Å². The van der Waals surface area contributed by atoms with E-state index < -0.39 is 21.9 Å². The molecule has 0 aromatic carbocycles. The molecule has 0 aromatic rings. The van der Waals surface area contributed by atoms with Crippen LogP contribution in [0.5, 0.6) is 0 Å². The van der Waals surface area contributed by atoms with Crippen LogP contribution in [0.3, 0.4) is 0 Å². The Labute approximate surface area is 253 Å². The van der Waals surface area contributed by atoms with Crippen LogP contribution in [-0.2, 0) is 37.8 Å². The summed E-state index contributed by atoms with van der Waals surface area (Å²) < 4.78 is 46.2. The molecule has 8 saturated carbocycles. The van der Waals surface area contributed by atoms with Crippen molar-refractivity contribution in [3.05, 3.63) is 0 Å². The SMILES string of the molecule is CC(F)(SOO[O-])C(=O)OCC12CC3CC(CC(C3)C1)C2.CC(F)(SOO[O-])C(=O)OCC12CC3CC(CC(C3)C1)C2. The number of carbonyl (C=O) groups excluding carboxylic acids is 2. The number of hydrogen-bond acceptors (Lipinski definition) is 12. The molecule has 8 bridgehead atoms. The molecule has 42 heavy (non-hydrogen) atoms. The quantitative estimate of drug-likeness (QED) is 0.128. The number of esters is 2. The number of hydrogen-bond donors (Lipinski definition) is 0. The molecule has 0 spiro atoms. The summed E-state index contributed by atoms with van der Waals surface area (Å²) in [6.07, 6.45) is 14.3. The third-order valence-electron chi connectivity index (χ3n) is 10.5. The van der Waals surface area contributed by atoms with E-state index in [0.29, 0.717) is 0 Å². The van der Waals surface area contributed by atoms with E-state index in [1.807, 2.05) is 0 Å². The summed E-state index contributed by atoms with van der Waals surface area (Å²) in [4.78, 5) is 23.6. The average Bonchev–Trinajstić information content (AvgIpc) is 2.91. The van der Waals surface area contributed by atoms with E-state index in [1.54, 1.807) is 0 Å². The first kappa shape index (κ1) is 32.6. The topological polar surface area (TPSA) is 136 Å². The molecular formula is C28H40F2O10S2-2. The highest BCUT2D eigenvalue weighted by atomic mass is 32.2. The van der Waals surface area contributed by atoms with Gasteiger partial charge in [0.15, 0.2) is 0 Å². The molecule has 0 aromatic heterocycles. The van der Waals surface area contributed by atoms with Crippen molar-refractivity contribution in [3.8, 4) is 0 Å². The average molecular weight is 639 g/mol. The van der Waals surface area contributed by atoms with E-state index in [9.17, 15) is 28.9 Å². The maximum atomic E-state index is 14.0. The minimum absolute atomic E-state index is 0.0279. The van der Waals surface area contributed by atoms with Crippen LogP contribution >= 0.6 is 24.1 Å². The van der Waals surface area contributed by atoms with Crippen LogP contribution in [-0.4, -0.2) is 35.2 Å². The van der Waals surface area contributed by atoms with Gasteiger partial charge in [-0.25, -0.2) is 18.4 Å². The van der Waals surface area contributed by atoms with Gasteiger partial charge in [-0.15, -0.1) is 0 Å². The number of ether oxygens (including phenoxy) is 2. The maximum absolute atomic E-state index is 14.0. The predicted molar refractivity (Wildman–Crippen MR) is 142 cm³/mol. The van der Waals surface area contributed by atoms with Gasteiger partial charge in [0, 0.05) is 10.8 Å². The van der Waals surface area contributed by atoms with E-state index in [0.717, 1.165) is 87.9 Å². The largest absolute Gasteiger partial charge is 0.691 e. The highest BCUT2D eigenvalue weighted by molar-refractivity contribution is 7.96. The fourth-order valence-corrected chi connectivity index (χ4v) is 10.4. The summed E-state index contributed by atoms with van der Waals surface area (Å²) in [7, 11) is 0. The minimum Gasteiger partial charge on any atom is -0.691 e. The lowest BCUT2D eigenvalue weighted by atomic mass is 9.50. The summed E-state index contributed by atoms with van der Waals surface area (Å²) in [5.74, 6) is 2.46. The van der Waals surface area contributed by atoms with Gasteiger partial charge in [0.1, 0.15) is 0 Å². The van der Waals surface area contributed by atoms with E-state index in [4.69, 9.17) is 9.47 Å². The van der Waals surface area contributed by atoms with Gasteiger partial charge in [-0.05, 0) is 126 Å². The maximum Gasteiger partial charge on any atom is 0.356 e. The molecule has 2 atom stereocenters. The Morgan fingerprint density at radius 1 is 0.643 bits per heavy atom. The summed E-state index contributed by atoms with van der Waals surface area (Å²) in [6, 6.07) is 0. The molecule has 8 aliphatic rings. The summed E-state index contributed by atoms with van der Waals surface area (Å²) in [5, 5.41) is 20.7. The molecular weight excluding hydrogens is 598 g/mol. The Bertz CT molecular complexity index is 834. The molecule has 2 unspecified atom stereocenters. The van der Waals surface area contributed by atoms with Crippen molar-refractivity contribution < 1.29 is 57.1 Å². The minimum atomic E-state index is -2.44. The van der Waals surface area contributed by atoms with Crippen molar-refractivity contribution in [3.63, 3.8) is 0 Å². The highest BCUT2D eigenvalue weighted by Gasteiger charge is 2.53. The number of halogens is 2. The molecule has 0 saturated heterocycles. The van der Waals surface area contributed by atoms with Crippen molar-refractivity contribution in [2.24, 2.45) is 46.3 Å². The third-order valence-corrected chi connectivity index (χ3v) is 11.7. The van der Waals surface area contributed by atoms with E-state index in [2.05, 4.69) is 18.7 Å². The van der Waals surface area contributed by atoms with Crippen LogP contribution in [0.15, 0.2) is 0 Å². The summed E-state index contributed by atoms with van der Waals surface area (Å²) in [5.41, 5.74) is 0.0854. The van der Waals surface area contributed by atoms with Crippen molar-refractivity contribution in [1.82, 2.24) is 0 Å². The van der Waals surface area contributed by atoms with Crippen molar-refractivity contribution in [2.75, 3.05) is 13.2 Å². The summed E-state index contributed by atoms with van der Waals surface area (Å²) >= 11 is 0.0557. The van der Waals surface area contributed by atoms with E-state index >= 15 is 0 Å². The van der Waals surface area contributed by atoms with Gasteiger partial charge in [-0.1, -0.05) is 0 Å². The molecule has 0 radical (unpaired) electrons. The zero-order chi connectivity index (χ0) is 30.2.